The van der Waals surface area contributed by atoms with E-state index in [2.05, 4.69) is 80.9 Å². The average molecular weight is 653 g/mol. The lowest BCUT2D eigenvalue weighted by Gasteiger charge is -2.19. The zero-order chi connectivity index (χ0) is 33.5. The van der Waals surface area contributed by atoms with E-state index >= 15 is 0 Å². The highest BCUT2D eigenvalue weighted by molar-refractivity contribution is 6.31. The van der Waals surface area contributed by atoms with Crippen molar-refractivity contribution >= 4 is 51.8 Å². The van der Waals surface area contributed by atoms with Gasteiger partial charge in [-0.3, -0.25) is 19.9 Å². The molecule has 1 atom stereocenters. The molecule has 0 aliphatic carbocycles. The summed E-state index contributed by atoms with van der Waals surface area (Å²) in [5, 5.41) is 7.94. The molecule has 250 valence electrons. The summed E-state index contributed by atoms with van der Waals surface area (Å²) in [5.74, 6) is -1.25. The van der Waals surface area contributed by atoms with Crippen LogP contribution in [-0.2, 0) is 17.6 Å². The van der Waals surface area contributed by atoms with Crippen molar-refractivity contribution in [3.63, 3.8) is 0 Å². The number of benzene rings is 2. The van der Waals surface area contributed by atoms with Crippen LogP contribution in [-0.4, -0.2) is 71.9 Å². The molecule has 3 rings (SSSR count). The summed E-state index contributed by atoms with van der Waals surface area (Å²) in [7, 11) is 2.16. The number of unbranched alkanes of at least 4 members (excludes halogenated alkanes) is 4. The van der Waals surface area contributed by atoms with E-state index in [0.717, 1.165) is 61.7 Å². The Balaban J connectivity index is 1.42. The summed E-state index contributed by atoms with van der Waals surface area (Å²) < 4.78 is 0. The van der Waals surface area contributed by atoms with Crippen LogP contribution in [0.25, 0.3) is 10.8 Å². The van der Waals surface area contributed by atoms with E-state index < -0.39 is 11.9 Å². The van der Waals surface area contributed by atoms with Gasteiger partial charge in [-0.25, -0.2) is 9.97 Å². The Hall–Kier alpha value is -4.00. The third-order valence-corrected chi connectivity index (χ3v) is 8.05. The van der Waals surface area contributed by atoms with Gasteiger partial charge in [0.25, 0.3) is 5.91 Å². The Bertz CT molecular complexity index is 1480. The lowest BCUT2D eigenvalue weighted by molar-refractivity contribution is -0.120. The number of halogens is 1. The Labute approximate surface area is 276 Å². The minimum atomic E-state index is -0.666. The third kappa shape index (κ3) is 12.1. The van der Waals surface area contributed by atoms with Gasteiger partial charge in [0.1, 0.15) is 0 Å². The van der Waals surface area contributed by atoms with Crippen LogP contribution in [0.5, 0.6) is 0 Å². The summed E-state index contributed by atoms with van der Waals surface area (Å²) in [6.45, 7) is 5.52. The number of aliphatic imine (C=N–C) groups is 1. The molecule has 0 aliphatic heterocycles. The van der Waals surface area contributed by atoms with Crippen molar-refractivity contribution in [1.29, 1.82) is 0 Å². The Kier molecular flexibility index (Phi) is 14.9. The molecule has 0 spiro atoms. The molecule has 1 aromatic heterocycles. The Morgan fingerprint density at radius 1 is 0.913 bits per heavy atom. The normalized spacial score (nSPS) is 12.5. The average Bonchev–Trinajstić information content (AvgIpc) is 3.02. The Morgan fingerprint density at radius 2 is 1.61 bits per heavy atom. The molecule has 2 amide bonds. The van der Waals surface area contributed by atoms with Crippen LogP contribution in [0.15, 0.2) is 41.4 Å². The second-order valence-corrected chi connectivity index (χ2v) is 12.0. The number of nitrogens with one attached hydrogen (secondary N) is 2. The molecule has 0 saturated heterocycles. The van der Waals surface area contributed by atoms with Crippen LogP contribution in [0, 0.1) is 0 Å². The quantitative estimate of drug-likeness (QED) is 0.0637. The fourth-order valence-electron chi connectivity index (χ4n) is 5.15. The van der Waals surface area contributed by atoms with Crippen LogP contribution < -0.4 is 33.6 Å². The van der Waals surface area contributed by atoms with Crippen molar-refractivity contribution in [3.8, 4) is 0 Å². The number of aromatic nitrogens is 2. The lowest BCUT2D eigenvalue weighted by atomic mass is 9.98. The molecule has 0 fully saturated rings. The van der Waals surface area contributed by atoms with Crippen molar-refractivity contribution < 1.29 is 9.59 Å². The molecule has 46 heavy (non-hydrogen) atoms. The molecule has 12 nitrogen and oxygen atoms in total. The van der Waals surface area contributed by atoms with Crippen molar-refractivity contribution in [1.82, 2.24) is 25.5 Å². The summed E-state index contributed by atoms with van der Waals surface area (Å²) in [6, 6.07) is 12.3. The molecule has 10 N–H and O–H groups in total. The monoisotopic (exact) mass is 652 g/mol. The maximum Gasteiger partial charge on any atom is 0.280 e. The fourth-order valence-corrected chi connectivity index (χ4v) is 5.27. The standard InChI is InChI=1S/C33H49ClN10O2/c1-3-4-5-8-17-44(2)18-9-16-39-26(31(37)45)21-23-12-14-24-19-22(11-13-25(24)20-23)10-6-7-15-40-33(38)43-32(46)27-29(35)42-30(36)28(34)41-27/h11-14,19-20,26,39H,3-10,15-18,21H2,1-2H3,(H2,37,45)(H4,35,36,42)(H3,38,40,43,46)/t26-/m0/s1. The number of fused-ring (bicyclic) bond motifs is 1. The second-order valence-electron chi connectivity index (χ2n) is 11.7. The van der Waals surface area contributed by atoms with E-state index in [0.29, 0.717) is 13.0 Å². The van der Waals surface area contributed by atoms with Crippen LogP contribution >= 0.6 is 11.6 Å². The number of aryl methyl sites for hydroxylation is 1. The van der Waals surface area contributed by atoms with Crippen LogP contribution in [0.3, 0.4) is 0 Å². The molecule has 0 radical (unpaired) electrons. The van der Waals surface area contributed by atoms with Gasteiger partial charge in [0.2, 0.25) is 5.91 Å². The highest BCUT2D eigenvalue weighted by atomic mass is 35.5. The van der Waals surface area contributed by atoms with Crippen molar-refractivity contribution in [3.05, 3.63) is 58.4 Å². The molecule has 3 aromatic rings. The number of amides is 2. The molecule has 1 heterocycles. The minimum absolute atomic E-state index is 0.0461. The first-order chi connectivity index (χ1) is 22.1. The first-order valence-electron chi connectivity index (χ1n) is 16.0. The zero-order valence-corrected chi connectivity index (χ0v) is 27.8. The van der Waals surface area contributed by atoms with Crippen molar-refractivity contribution in [2.75, 3.05) is 44.7 Å². The first-order valence-corrected chi connectivity index (χ1v) is 16.4. The summed E-state index contributed by atoms with van der Waals surface area (Å²) >= 11 is 5.83. The van der Waals surface area contributed by atoms with E-state index in [4.69, 9.17) is 34.5 Å². The number of hydrogen-bond acceptors (Lipinski definition) is 9. The molecule has 0 bridgehead atoms. The smallest absolute Gasteiger partial charge is 0.280 e. The lowest BCUT2D eigenvalue weighted by Crippen LogP contribution is -2.43. The molecule has 13 heteroatoms. The number of primary amides is 1. The van der Waals surface area contributed by atoms with E-state index in [9.17, 15) is 9.59 Å². The topological polar surface area (TPSA) is 204 Å². The highest BCUT2D eigenvalue weighted by Gasteiger charge is 2.17. The first kappa shape index (κ1) is 36.5. The largest absolute Gasteiger partial charge is 0.382 e. The van der Waals surface area contributed by atoms with Crippen molar-refractivity contribution in [2.45, 2.75) is 70.8 Å². The summed E-state index contributed by atoms with van der Waals surface area (Å²) in [5.41, 5.74) is 24.9. The van der Waals surface area contributed by atoms with Gasteiger partial charge in [-0.1, -0.05) is 74.2 Å². The number of anilines is 2. The number of hydrogen-bond donors (Lipinski definition) is 6. The highest BCUT2D eigenvalue weighted by Crippen LogP contribution is 2.20. The zero-order valence-electron chi connectivity index (χ0n) is 27.0. The fraction of sp³-hybridized carbons (Fsp3) is 0.485. The predicted octanol–water partition coefficient (Wildman–Crippen LogP) is 3.40. The third-order valence-electron chi connectivity index (χ3n) is 7.77. The molecule has 2 aromatic carbocycles. The van der Waals surface area contributed by atoms with E-state index in [-0.39, 0.29) is 34.3 Å². The van der Waals surface area contributed by atoms with Gasteiger partial charge in [0, 0.05) is 6.54 Å². The summed E-state index contributed by atoms with van der Waals surface area (Å²) in [4.78, 5) is 38.7. The molecule has 0 aliphatic rings. The predicted molar refractivity (Wildman–Crippen MR) is 188 cm³/mol. The molecule has 0 saturated carbocycles. The summed E-state index contributed by atoms with van der Waals surface area (Å²) in [6.07, 6.45) is 9.12. The maximum atomic E-state index is 12.4. The van der Waals surface area contributed by atoms with Gasteiger partial charge in [-0.15, -0.1) is 0 Å². The van der Waals surface area contributed by atoms with Gasteiger partial charge in [0.15, 0.2) is 28.4 Å². The van der Waals surface area contributed by atoms with E-state index in [1.807, 2.05) is 0 Å². The molecular weight excluding hydrogens is 604 g/mol. The molecular formula is C33H49ClN10O2. The van der Waals surface area contributed by atoms with Gasteiger partial charge >= 0.3 is 0 Å². The number of nitrogen functional groups attached to an aromatic ring is 2. The number of rotatable bonds is 19. The minimum Gasteiger partial charge on any atom is -0.382 e. The van der Waals surface area contributed by atoms with Crippen molar-refractivity contribution in [2.24, 2.45) is 16.5 Å². The number of nitrogens with two attached hydrogens (primary N) is 4. The van der Waals surface area contributed by atoms with Gasteiger partial charge < -0.3 is 33.2 Å². The van der Waals surface area contributed by atoms with E-state index in [1.165, 1.54) is 31.2 Å². The molecule has 0 unspecified atom stereocenters. The van der Waals surface area contributed by atoms with Gasteiger partial charge in [-0.05, 0) is 87.1 Å². The number of guanidine groups is 1. The van der Waals surface area contributed by atoms with Gasteiger partial charge in [0.05, 0.1) is 6.04 Å². The SMILES string of the molecule is CCCCCCN(C)CCCN[C@@H](Cc1ccc2cc(CCCCN=C(N)NC(=O)c3nc(Cl)c(N)nc3N)ccc2c1)C(N)=O. The number of nitrogens with zero attached hydrogens (tertiary/aromatic N) is 4. The van der Waals surface area contributed by atoms with Gasteiger partial charge in [-0.2, -0.15) is 0 Å². The van der Waals surface area contributed by atoms with E-state index in [1.54, 1.807) is 0 Å². The van der Waals surface area contributed by atoms with Crippen LogP contribution in [0.4, 0.5) is 11.6 Å². The number of carbonyl (C=O) groups excluding carboxylic acids is 2. The maximum absolute atomic E-state index is 12.4. The second kappa shape index (κ2) is 18.8. The van der Waals surface area contributed by atoms with Crippen LogP contribution in [0.1, 0.15) is 73.5 Å². The van der Waals surface area contributed by atoms with Crippen LogP contribution in [0.2, 0.25) is 5.15 Å². The Morgan fingerprint density at radius 3 is 2.33 bits per heavy atom. The number of carbonyl (C=O) groups is 2.